The summed E-state index contributed by atoms with van der Waals surface area (Å²) in [5, 5.41) is 0. The Hall–Kier alpha value is -2.80. The average Bonchev–Trinajstić information content (AvgIpc) is 3.14. The van der Waals surface area contributed by atoms with Gasteiger partial charge in [-0.15, -0.1) is 0 Å². The van der Waals surface area contributed by atoms with Crippen molar-refractivity contribution in [2.24, 2.45) is 5.92 Å². The van der Waals surface area contributed by atoms with E-state index in [-0.39, 0.29) is 17.8 Å². The average molecular weight is 441 g/mol. The second-order valence-corrected chi connectivity index (χ2v) is 8.59. The minimum atomic E-state index is -0.248. The highest BCUT2D eigenvalue weighted by atomic mass is 16.5. The number of rotatable bonds is 6. The van der Waals surface area contributed by atoms with Crippen molar-refractivity contribution in [1.82, 2.24) is 9.80 Å². The van der Waals surface area contributed by atoms with Crippen molar-refractivity contribution in [3.05, 3.63) is 52.5 Å². The molecule has 7 nitrogen and oxygen atoms in total. The monoisotopic (exact) mass is 440 g/mol. The molecule has 1 aromatic heterocycles. The summed E-state index contributed by atoms with van der Waals surface area (Å²) in [6.45, 7) is 7.46. The van der Waals surface area contributed by atoms with Crippen molar-refractivity contribution in [2.45, 2.75) is 46.2 Å². The second-order valence-electron chi connectivity index (χ2n) is 8.59. The molecule has 0 spiro atoms. The number of furan rings is 1. The number of hydrogen-bond acceptors (Lipinski definition) is 6. The minimum absolute atomic E-state index is 0.0344. The molecule has 2 aliphatic rings. The van der Waals surface area contributed by atoms with Gasteiger partial charge in [0.15, 0.2) is 0 Å². The van der Waals surface area contributed by atoms with Crippen LogP contribution in [0.5, 0.6) is 5.75 Å². The van der Waals surface area contributed by atoms with Crippen LogP contribution in [0, 0.1) is 12.8 Å². The fourth-order valence-corrected chi connectivity index (χ4v) is 4.76. The van der Waals surface area contributed by atoms with Crippen LogP contribution in [0.1, 0.15) is 52.8 Å². The van der Waals surface area contributed by atoms with Crippen LogP contribution in [-0.2, 0) is 29.0 Å². The van der Waals surface area contributed by atoms with E-state index in [0.29, 0.717) is 37.6 Å². The van der Waals surface area contributed by atoms with Crippen LogP contribution in [0.25, 0.3) is 0 Å². The molecule has 1 aromatic carbocycles. The number of fused-ring (bicyclic) bond motifs is 1. The number of benzene rings is 1. The predicted octanol–water partition coefficient (Wildman–Crippen LogP) is 3.57. The Morgan fingerprint density at radius 3 is 2.69 bits per heavy atom. The molecule has 0 unspecified atom stereocenters. The van der Waals surface area contributed by atoms with Gasteiger partial charge in [0.1, 0.15) is 17.3 Å². The molecule has 3 heterocycles. The van der Waals surface area contributed by atoms with Gasteiger partial charge in [-0.05, 0) is 44.4 Å². The van der Waals surface area contributed by atoms with Crippen molar-refractivity contribution in [2.75, 3.05) is 33.4 Å². The molecular weight excluding hydrogens is 408 g/mol. The number of likely N-dealkylation sites (tertiary alicyclic amines) is 1. The Balaban J connectivity index is 1.48. The Morgan fingerprint density at radius 2 is 1.97 bits per heavy atom. The maximum absolute atomic E-state index is 13.5. The van der Waals surface area contributed by atoms with E-state index in [0.717, 1.165) is 49.4 Å². The minimum Gasteiger partial charge on any atom is -0.497 e. The summed E-state index contributed by atoms with van der Waals surface area (Å²) >= 11 is 0. The Bertz CT molecular complexity index is 965. The van der Waals surface area contributed by atoms with Gasteiger partial charge < -0.3 is 18.8 Å². The first-order valence-electron chi connectivity index (χ1n) is 11.4. The topological polar surface area (TPSA) is 72.2 Å². The molecule has 32 heavy (non-hydrogen) atoms. The first kappa shape index (κ1) is 22.4. The van der Waals surface area contributed by atoms with Gasteiger partial charge in [-0.1, -0.05) is 12.1 Å². The molecule has 0 saturated carbocycles. The summed E-state index contributed by atoms with van der Waals surface area (Å²) in [5.74, 6) is 1.94. The van der Waals surface area contributed by atoms with Gasteiger partial charge in [0.25, 0.3) is 5.91 Å². The van der Waals surface area contributed by atoms with E-state index in [1.54, 1.807) is 12.0 Å². The summed E-state index contributed by atoms with van der Waals surface area (Å²) in [6, 6.07) is 8.09. The molecule has 0 N–H and O–H groups in total. The lowest BCUT2D eigenvalue weighted by Gasteiger charge is -2.32. The quantitative estimate of drug-likeness (QED) is 0.640. The molecule has 0 radical (unpaired) electrons. The van der Waals surface area contributed by atoms with E-state index in [4.69, 9.17) is 13.9 Å². The molecule has 2 aromatic rings. The zero-order chi connectivity index (χ0) is 22.7. The molecule has 1 saturated heterocycles. The van der Waals surface area contributed by atoms with Gasteiger partial charge in [0.05, 0.1) is 25.2 Å². The van der Waals surface area contributed by atoms with Gasteiger partial charge in [0.2, 0.25) is 0 Å². The number of carbonyl (C=O) groups excluding carboxylic acids is 2. The number of amides is 1. The van der Waals surface area contributed by atoms with Crippen molar-refractivity contribution in [3.8, 4) is 5.75 Å². The summed E-state index contributed by atoms with van der Waals surface area (Å²) in [6.07, 6.45) is 2.35. The number of nitrogens with zero attached hydrogens (tertiary/aromatic N) is 2. The van der Waals surface area contributed by atoms with E-state index in [2.05, 4.69) is 17.0 Å². The molecule has 1 amide bonds. The van der Waals surface area contributed by atoms with Crippen LogP contribution in [0.15, 0.2) is 28.7 Å². The van der Waals surface area contributed by atoms with Gasteiger partial charge in [0, 0.05) is 44.7 Å². The Labute approximate surface area is 189 Å². The first-order chi connectivity index (χ1) is 15.5. The number of carbonyl (C=O) groups is 2. The van der Waals surface area contributed by atoms with Crippen molar-refractivity contribution < 1.29 is 23.5 Å². The highest BCUT2D eigenvalue weighted by molar-refractivity contribution is 5.97. The van der Waals surface area contributed by atoms with Crippen molar-refractivity contribution in [1.29, 1.82) is 0 Å². The SMILES string of the molecule is CCOC(=O)[C@@H]1CCCN(C(=O)c2c(C)oc3c2CN(Cc2ccc(OC)cc2)CC3)C1. The van der Waals surface area contributed by atoms with E-state index < -0.39 is 0 Å². The number of ether oxygens (including phenoxy) is 2. The molecule has 0 bridgehead atoms. The van der Waals surface area contributed by atoms with Crippen LogP contribution < -0.4 is 4.74 Å². The standard InChI is InChI=1S/C25H32N2O5/c1-4-31-25(29)19-6-5-12-27(15-19)24(28)23-17(2)32-22-11-13-26(16-21(22)23)14-18-7-9-20(30-3)10-8-18/h7-10,19H,4-6,11-16H2,1-3H3/t19-/m1/s1. The maximum atomic E-state index is 13.5. The number of aryl methyl sites for hydroxylation is 1. The lowest BCUT2D eigenvalue weighted by Crippen LogP contribution is -2.43. The van der Waals surface area contributed by atoms with E-state index >= 15 is 0 Å². The summed E-state index contributed by atoms with van der Waals surface area (Å²) in [7, 11) is 1.66. The third-order valence-corrected chi connectivity index (χ3v) is 6.41. The normalized spacial score (nSPS) is 18.8. The van der Waals surface area contributed by atoms with Crippen molar-refractivity contribution in [3.63, 3.8) is 0 Å². The van der Waals surface area contributed by atoms with Crippen LogP contribution >= 0.6 is 0 Å². The molecule has 4 rings (SSSR count). The zero-order valence-electron chi connectivity index (χ0n) is 19.2. The number of esters is 1. The van der Waals surface area contributed by atoms with E-state index in [9.17, 15) is 9.59 Å². The zero-order valence-corrected chi connectivity index (χ0v) is 19.2. The highest BCUT2D eigenvalue weighted by Crippen LogP contribution is 2.31. The molecule has 1 atom stereocenters. The summed E-state index contributed by atoms with van der Waals surface area (Å²) in [4.78, 5) is 29.9. The van der Waals surface area contributed by atoms with Gasteiger partial charge in [-0.3, -0.25) is 14.5 Å². The number of methoxy groups -OCH3 is 1. The largest absolute Gasteiger partial charge is 0.497 e. The Kier molecular flexibility index (Phi) is 6.84. The molecule has 0 aliphatic carbocycles. The predicted molar refractivity (Wildman–Crippen MR) is 120 cm³/mol. The van der Waals surface area contributed by atoms with Crippen LogP contribution in [0.4, 0.5) is 0 Å². The lowest BCUT2D eigenvalue weighted by molar-refractivity contribution is -0.149. The third-order valence-electron chi connectivity index (χ3n) is 6.41. The molecular formula is C25H32N2O5. The number of hydrogen-bond donors (Lipinski definition) is 0. The van der Waals surface area contributed by atoms with E-state index in [1.165, 1.54) is 5.56 Å². The molecule has 172 valence electrons. The van der Waals surface area contributed by atoms with Crippen LogP contribution in [-0.4, -0.2) is 55.0 Å². The molecule has 1 fully saturated rings. The van der Waals surface area contributed by atoms with Gasteiger partial charge >= 0.3 is 5.97 Å². The second kappa shape index (κ2) is 9.77. The fraction of sp³-hybridized carbons (Fsp3) is 0.520. The van der Waals surface area contributed by atoms with Gasteiger partial charge in [-0.2, -0.15) is 0 Å². The smallest absolute Gasteiger partial charge is 0.310 e. The fourth-order valence-electron chi connectivity index (χ4n) is 4.76. The van der Waals surface area contributed by atoms with Crippen LogP contribution in [0.2, 0.25) is 0 Å². The lowest BCUT2D eigenvalue weighted by atomic mass is 9.96. The summed E-state index contributed by atoms with van der Waals surface area (Å²) in [5.41, 5.74) is 2.87. The molecule has 2 aliphatic heterocycles. The highest BCUT2D eigenvalue weighted by Gasteiger charge is 2.34. The summed E-state index contributed by atoms with van der Waals surface area (Å²) < 4.78 is 16.4. The number of piperidine rings is 1. The molecule has 7 heteroatoms. The third kappa shape index (κ3) is 4.67. The first-order valence-corrected chi connectivity index (χ1v) is 11.4. The Morgan fingerprint density at radius 1 is 1.19 bits per heavy atom. The van der Waals surface area contributed by atoms with Crippen molar-refractivity contribution >= 4 is 11.9 Å². The van der Waals surface area contributed by atoms with E-state index in [1.807, 2.05) is 26.0 Å². The maximum Gasteiger partial charge on any atom is 0.310 e. The van der Waals surface area contributed by atoms with Gasteiger partial charge in [-0.25, -0.2) is 0 Å². The van der Waals surface area contributed by atoms with Crippen LogP contribution in [0.3, 0.4) is 0 Å².